The lowest BCUT2D eigenvalue weighted by molar-refractivity contribution is -0.130. The van der Waals surface area contributed by atoms with Crippen LogP contribution in [0.25, 0.3) is 5.57 Å². The Hall–Kier alpha value is -3.53. The lowest BCUT2D eigenvalue weighted by atomic mass is 9.92. The van der Waals surface area contributed by atoms with Gasteiger partial charge in [-0.1, -0.05) is 79.2 Å². The number of nitrogens with zero attached hydrogens (tertiary/aromatic N) is 1. The zero-order valence-electron chi connectivity index (χ0n) is 18.1. The van der Waals surface area contributed by atoms with Gasteiger partial charge in [0.15, 0.2) is 5.76 Å². The summed E-state index contributed by atoms with van der Waals surface area (Å²) in [6.07, 6.45) is 0.945. The van der Waals surface area contributed by atoms with Crippen LogP contribution in [0.3, 0.4) is 0 Å². The molecule has 0 fully saturated rings. The fourth-order valence-corrected chi connectivity index (χ4v) is 4.14. The Kier molecular flexibility index (Phi) is 5.81. The maximum absolute atomic E-state index is 13.2. The van der Waals surface area contributed by atoms with Crippen molar-refractivity contribution in [3.63, 3.8) is 0 Å². The van der Waals surface area contributed by atoms with Gasteiger partial charge in [-0.05, 0) is 36.1 Å². The number of rotatable bonds is 6. The van der Waals surface area contributed by atoms with Gasteiger partial charge in [0.25, 0.3) is 5.91 Å². The van der Waals surface area contributed by atoms with E-state index in [9.17, 15) is 9.90 Å². The van der Waals surface area contributed by atoms with Crippen LogP contribution in [-0.2, 0) is 17.8 Å². The van der Waals surface area contributed by atoms with Gasteiger partial charge in [-0.15, -0.1) is 0 Å². The number of carbonyl (C=O) groups is 1. The van der Waals surface area contributed by atoms with Crippen LogP contribution in [-0.4, -0.2) is 23.0 Å². The molecule has 0 saturated carbocycles. The Bertz CT molecular complexity index is 1110. The van der Waals surface area contributed by atoms with E-state index in [4.69, 9.17) is 4.74 Å². The number of aliphatic hydroxyl groups is 1. The van der Waals surface area contributed by atoms with Crippen LogP contribution in [0.5, 0.6) is 5.75 Å². The maximum atomic E-state index is 13.2. The standard InChI is InChI=1S/C27H27NO3/c1-4-19-11-15-21(16-12-19)25-24(20-13-9-18(2)10-14-20)26(29)27(30)28(25)17-22-7-5-6-8-23(22)31-3/h5-16,25,29H,4,17H2,1-3H3. The second-order valence-electron chi connectivity index (χ2n) is 7.87. The molecule has 31 heavy (non-hydrogen) atoms. The first kappa shape index (κ1) is 20.7. The molecule has 0 aromatic heterocycles. The van der Waals surface area contributed by atoms with Crippen molar-refractivity contribution in [2.24, 2.45) is 0 Å². The number of para-hydroxylation sites is 1. The molecule has 0 spiro atoms. The molecule has 1 unspecified atom stereocenters. The molecule has 0 radical (unpaired) electrons. The number of hydrogen-bond acceptors (Lipinski definition) is 3. The van der Waals surface area contributed by atoms with Gasteiger partial charge in [-0.25, -0.2) is 0 Å². The van der Waals surface area contributed by atoms with Crippen molar-refractivity contribution in [3.8, 4) is 5.75 Å². The molecule has 1 aliphatic rings. The number of amides is 1. The van der Waals surface area contributed by atoms with Gasteiger partial charge in [-0.3, -0.25) is 4.79 Å². The Balaban J connectivity index is 1.81. The molecule has 4 nitrogen and oxygen atoms in total. The van der Waals surface area contributed by atoms with Crippen LogP contribution in [0, 0.1) is 6.92 Å². The Morgan fingerprint density at radius 1 is 0.968 bits per heavy atom. The van der Waals surface area contributed by atoms with Crippen LogP contribution in [0.15, 0.2) is 78.6 Å². The lowest BCUT2D eigenvalue weighted by Crippen LogP contribution is -2.30. The largest absolute Gasteiger partial charge is 0.503 e. The second kappa shape index (κ2) is 8.68. The van der Waals surface area contributed by atoms with Crippen molar-refractivity contribution in [2.75, 3.05) is 7.11 Å². The van der Waals surface area contributed by atoms with Gasteiger partial charge >= 0.3 is 0 Å². The van der Waals surface area contributed by atoms with E-state index in [1.54, 1.807) is 12.0 Å². The van der Waals surface area contributed by atoms with Crippen LogP contribution >= 0.6 is 0 Å². The zero-order valence-corrected chi connectivity index (χ0v) is 18.1. The molecule has 3 aromatic carbocycles. The molecule has 158 valence electrons. The molecule has 0 saturated heterocycles. The first-order valence-corrected chi connectivity index (χ1v) is 10.5. The van der Waals surface area contributed by atoms with Gasteiger partial charge in [0.2, 0.25) is 0 Å². The van der Waals surface area contributed by atoms with Crippen LogP contribution in [0.4, 0.5) is 0 Å². The Labute approximate surface area is 183 Å². The molecule has 0 aliphatic carbocycles. The molecule has 0 bridgehead atoms. The number of aliphatic hydroxyl groups excluding tert-OH is 1. The molecule has 4 rings (SSSR count). The summed E-state index contributed by atoms with van der Waals surface area (Å²) in [7, 11) is 1.62. The summed E-state index contributed by atoms with van der Waals surface area (Å²) in [5.41, 5.74) is 5.72. The third kappa shape index (κ3) is 3.93. The zero-order chi connectivity index (χ0) is 22.0. The quantitative estimate of drug-likeness (QED) is 0.571. The number of hydrogen-bond donors (Lipinski definition) is 1. The van der Waals surface area contributed by atoms with E-state index >= 15 is 0 Å². The number of ether oxygens (including phenoxy) is 1. The fraction of sp³-hybridized carbons (Fsp3) is 0.222. The minimum atomic E-state index is -0.383. The highest BCUT2D eigenvalue weighted by Gasteiger charge is 2.41. The van der Waals surface area contributed by atoms with E-state index in [0.717, 1.165) is 34.4 Å². The summed E-state index contributed by atoms with van der Waals surface area (Å²) in [6, 6.07) is 23.5. The number of aryl methyl sites for hydroxylation is 2. The highest BCUT2D eigenvalue weighted by atomic mass is 16.5. The molecule has 1 heterocycles. The third-order valence-electron chi connectivity index (χ3n) is 5.90. The molecular formula is C27H27NO3. The first-order valence-electron chi connectivity index (χ1n) is 10.5. The summed E-state index contributed by atoms with van der Waals surface area (Å²) in [5.74, 6) is 0.160. The number of carbonyl (C=O) groups excluding carboxylic acids is 1. The van der Waals surface area contributed by atoms with Gasteiger partial charge in [0.1, 0.15) is 5.75 Å². The summed E-state index contributed by atoms with van der Waals surface area (Å²) < 4.78 is 5.50. The van der Waals surface area contributed by atoms with E-state index in [-0.39, 0.29) is 17.7 Å². The fourth-order valence-electron chi connectivity index (χ4n) is 4.14. The van der Waals surface area contributed by atoms with Crippen molar-refractivity contribution >= 4 is 11.5 Å². The summed E-state index contributed by atoms with van der Waals surface area (Å²) in [5, 5.41) is 10.9. The minimum Gasteiger partial charge on any atom is -0.503 e. The third-order valence-corrected chi connectivity index (χ3v) is 5.90. The van der Waals surface area contributed by atoms with Gasteiger partial charge in [0, 0.05) is 11.1 Å². The molecule has 1 aliphatic heterocycles. The average Bonchev–Trinajstić information content (AvgIpc) is 3.05. The van der Waals surface area contributed by atoms with Gasteiger partial charge < -0.3 is 14.7 Å². The molecule has 1 atom stereocenters. The van der Waals surface area contributed by atoms with E-state index in [1.165, 1.54) is 5.56 Å². The SMILES string of the molecule is CCc1ccc(C2C(c3ccc(C)cc3)=C(O)C(=O)N2Cc2ccccc2OC)cc1. The van der Waals surface area contributed by atoms with Gasteiger partial charge in [-0.2, -0.15) is 0 Å². The number of benzene rings is 3. The highest BCUT2D eigenvalue weighted by Crippen LogP contribution is 2.44. The van der Waals surface area contributed by atoms with E-state index in [0.29, 0.717) is 12.1 Å². The monoisotopic (exact) mass is 413 g/mol. The molecular weight excluding hydrogens is 386 g/mol. The van der Waals surface area contributed by atoms with Crippen LogP contribution < -0.4 is 4.74 Å². The van der Waals surface area contributed by atoms with Crippen LogP contribution in [0.1, 0.15) is 40.8 Å². The Morgan fingerprint density at radius 3 is 2.29 bits per heavy atom. The maximum Gasteiger partial charge on any atom is 0.290 e. The molecule has 1 N–H and O–H groups in total. The van der Waals surface area contributed by atoms with Crippen molar-refractivity contribution in [1.82, 2.24) is 4.90 Å². The van der Waals surface area contributed by atoms with Crippen molar-refractivity contribution < 1.29 is 14.6 Å². The highest BCUT2D eigenvalue weighted by molar-refractivity contribution is 6.05. The van der Waals surface area contributed by atoms with E-state index < -0.39 is 0 Å². The van der Waals surface area contributed by atoms with E-state index in [1.807, 2.05) is 55.5 Å². The normalized spacial score (nSPS) is 16.2. The molecule has 1 amide bonds. The Morgan fingerprint density at radius 2 is 1.65 bits per heavy atom. The lowest BCUT2D eigenvalue weighted by Gasteiger charge is -2.28. The van der Waals surface area contributed by atoms with Crippen molar-refractivity contribution in [3.05, 3.63) is 106 Å². The van der Waals surface area contributed by atoms with E-state index in [2.05, 4.69) is 31.2 Å². The summed E-state index contributed by atoms with van der Waals surface area (Å²) in [4.78, 5) is 15.0. The smallest absolute Gasteiger partial charge is 0.290 e. The first-order chi connectivity index (χ1) is 15.0. The topological polar surface area (TPSA) is 49.8 Å². The average molecular weight is 414 g/mol. The van der Waals surface area contributed by atoms with Crippen molar-refractivity contribution in [2.45, 2.75) is 32.9 Å². The number of methoxy groups -OCH3 is 1. The van der Waals surface area contributed by atoms with Gasteiger partial charge in [0.05, 0.1) is 19.7 Å². The predicted octanol–water partition coefficient (Wildman–Crippen LogP) is 5.62. The minimum absolute atomic E-state index is 0.191. The molecule has 4 heteroatoms. The second-order valence-corrected chi connectivity index (χ2v) is 7.87. The summed E-state index contributed by atoms with van der Waals surface area (Å²) in [6.45, 7) is 4.47. The predicted molar refractivity (Wildman–Crippen MR) is 123 cm³/mol. The van der Waals surface area contributed by atoms with Crippen LogP contribution in [0.2, 0.25) is 0 Å². The summed E-state index contributed by atoms with van der Waals surface area (Å²) >= 11 is 0. The van der Waals surface area contributed by atoms with Crippen molar-refractivity contribution in [1.29, 1.82) is 0 Å². The molecule has 3 aromatic rings.